The number of anilines is 1. The van der Waals surface area contributed by atoms with E-state index in [0.29, 0.717) is 18.1 Å². The number of hydrogen-bond donors (Lipinski definition) is 1. The molecule has 0 atom stereocenters. The van der Waals surface area contributed by atoms with Crippen LogP contribution in [-0.4, -0.2) is 19.6 Å². The summed E-state index contributed by atoms with van der Waals surface area (Å²) in [5.41, 5.74) is 2.97. The topological polar surface area (TPSA) is 38.3 Å². The molecule has 0 saturated carbocycles. The summed E-state index contributed by atoms with van der Waals surface area (Å²) in [6.45, 7) is 0.410. The van der Waals surface area contributed by atoms with Crippen molar-refractivity contribution in [3.05, 3.63) is 64.7 Å². The maximum Gasteiger partial charge on any atom is 0.226 e. The minimum atomic E-state index is -0.0616. The van der Waals surface area contributed by atoms with E-state index in [1.54, 1.807) is 13.2 Å². The van der Waals surface area contributed by atoms with Gasteiger partial charge in [0.15, 0.2) is 0 Å². The normalized spacial score (nSPS) is 10.4. The standard InChI is InChI=1S/C17H18ClNO2/c1-21-10-9-17(20)19-16-8-7-15(18)12-14(16)11-13-5-3-2-4-6-13/h2-8,12H,9-11H2,1H3,(H,19,20). The fourth-order valence-corrected chi connectivity index (χ4v) is 2.25. The van der Waals surface area contributed by atoms with E-state index in [1.165, 1.54) is 5.56 Å². The molecule has 0 radical (unpaired) electrons. The molecule has 1 N–H and O–H groups in total. The van der Waals surface area contributed by atoms with E-state index in [0.717, 1.165) is 17.7 Å². The van der Waals surface area contributed by atoms with Crippen LogP contribution in [0.15, 0.2) is 48.5 Å². The van der Waals surface area contributed by atoms with Crippen molar-refractivity contribution in [1.29, 1.82) is 0 Å². The largest absolute Gasteiger partial charge is 0.384 e. The zero-order valence-electron chi connectivity index (χ0n) is 11.9. The lowest BCUT2D eigenvalue weighted by molar-refractivity contribution is -0.117. The second kappa shape index (κ2) is 7.81. The molecule has 2 aromatic rings. The van der Waals surface area contributed by atoms with Crippen LogP contribution in [0.5, 0.6) is 0 Å². The molecule has 2 rings (SSSR count). The van der Waals surface area contributed by atoms with E-state index in [-0.39, 0.29) is 5.91 Å². The molecule has 0 aromatic heterocycles. The summed E-state index contributed by atoms with van der Waals surface area (Å²) in [7, 11) is 1.58. The van der Waals surface area contributed by atoms with E-state index in [1.807, 2.05) is 30.3 Å². The predicted molar refractivity (Wildman–Crippen MR) is 85.8 cm³/mol. The zero-order valence-corrected chi connectivity index (χ0v) is 12.7. The van der Waals surface area contributed by atoms with Crippen LogP contribution in [0.1, 0.15) is 17.5 Å². The van der Waals surface area contributed by atoms with Crippen LogP contribution in [0.2, 0.25) is 5.02 Å². The molecule has 0 aliphatic rings. The maximum atomic E-state index is 11.8. The molecule has 0 spiro atoms. The molecule has 0 fully saturated rings. The van der Waals surface area contributed by atoms with Gasteiger partial charge in [0.1, 0.15) is 0 Å². The first-order chi connectivity index (χ1) is 10.2. The Morgan fingerprint density at radius 3 is 2.67 bits per heavy atom. The van der Waals surface area contributed by atoms with Gasteiger partial charge in [0.2, 0.25) is 5.91 Å². The highest BCUT2D eigenvalue weighted by atomic mass is 35.5. The van der Waals surface area contributed by atoms with Gasteiger partial charge in [-0.05, 0) is 35.7 Å². The fourth-order valence-electron chi connectivity index (χ4n) is 2.05. The SMILES string of the molecule is COCCC(=O)Nc1ccc(Cl)cc1Cc1ccccc1. The third-order valence-electron chi connectivity index (χ3n) is 3.11. The number of rotatable bonds is 6. The fraction of sp³-hybridized carbons (Fsp3) is 0.235. The number of nitrogens with one attached hydrogen (secondary N) is 1. The quantitative estimate of drug-likeness (QED) is 0.879. The van der Waals surface area contributed by atoms with Crippen molar-refractivity contribution < 1.29 is 9.53 Å². The third kappa shape index (κ3) is 4.88. The summed E-state index contributed by atoms with van der Waals surface area (Å²) in [5.74, 6) is -0.0616. The van der Waals surface area contributed by atoms with Gasteiger partial charge in [-0.25, -0.2) is 0 Å². The minimum absolute atomic E-state index is 0.0616. The van der Waals surface area contributed by atoms with Crippen molar-refractivity contribution in [1.82, 2.24) is 0 Å². The Balaban J connectivity index is 2.15. The van der Waals surface area contributed by atoms with Crippen LogP contribution in [0, 0.1) is 0 Å². The number of carbonyl (C=O) groups excluding carboxylic acids is 1. The van der Waals surface area contributed by atoms with E-state index in [2.05, 4.69) is 17.4 Å². The smallest absolute Gasteiger partial charge is 0.226 e. The van der Waals surface area contributed by atoms with E-state index in [9.17, 15) is 4.79 Å². The Kier molecular flexibility index (Phi) is 5.78. The van der Waals surface area contributed by atoms with Gasteiger partial charge in [0, 0.05) is 17.8 Å². The Hall–Kier alpha value is -1.84. The van der Waals surface area contributed by atoms with Gasteiger partial charge in [0.05, 0.1) is 13.0 Å². The van der Waals surface area contributed by atoms with Gasteiger partial charge < -0.3 is 10.1 Å². The first-order valence-electron chi connectivity index (χ1n) is 6.80. The molecular formula is C17H18ClNO2. The van der Waals surface area contributed by atoms with Crippen LogP contribution in [0.4, 0.5) is 5.69 Å². The highest BCUT2D eigenvalue weighted by molar-refractivity contribution is 6.30. The molecule has 3 nitrogen and oxygen atoms in total. The molecule has 0 unspecified atom stereocenters. The summed E-state index contributed by atoms with van der Waals surface area (Å²) < 4.78 is 4.91. The average Bonchev–Trinajstić information content (AvgIpc) is 2.49. The second-order valence-corrected chi connectivity index (χ2v) is 5.19. The summed E-state index contributed by atoms with van der Waals surface area (Å²) >= 11 is 6.07. The first-order valence-corrected chi connectivity index (χ1v) is 7.18. The van der Waals surface area contributed by atoms with Crippen LogP contribution in [-0.2, 0) is 16.0 Å². The van der Waals surface area contributed by atoms with Crippen molar-refractivity contribution in [2.24, 2.45) is 0 Å². The molecule has 4 heteroatoms. The molecule has 0 aliphatic carbocycles. The average molecular weight is 304 g/mol. The van der Waals surface area contributed by atoms with Crippen LogP contribution in [0.3, 0.4) is 0 Å². The van der Waals surface area contributed by atoms with E-state index < -0.39 is 0 Å². The molecule has 1 amide bonds. The highest BCUT2D eigenvalue weighted by Crippen LogP contribution is 2.23. The van der Waals surface area contributed by atoms with Gasteiger partial charge in [-0.3, -0.25) is 4.79 Å². The summed E-state index contributed by atoms with van der Waals surface area (Å²) in [6, 6.07) is 15.6. The number of halogens is 1. The molecule has 110 valence electrons. The Morgan fingerprint density at radius 2 is 1.95 bits per heavy atom. The number of hydrogen-bond acceptors (Lipinski definition) is 2. The summed E-state index contributed by atoms with van der Waals surface area (Å²) in [6.07, 6.45) is 1.06. The lowest BCUT2D eigenvalue weighted by atomic mass is 10.0. The Labute approximate surface area is 129 Å². The van der Waals surface area contributed by atoms with Crippen molar-refractivity contribution in [3.8, 4) is 0 Å². The molecule has 0 saturated heterocycles. The minimum Gasteiger partial charge on any atom is -0.384 e. The van der Waals surface area contributed by atoms with E-state index in [4.69, 9.17) is 16.3 Å². The Morgan fingerprint density at radius 1 is 1.19 bits per heavy atom. The Bertz CT molecular complexity index is 599. The predicted octanol–water partition coefficient (Wildman–Crippen LogP) is 3.91. The molecule has 0 bridgehead atoms. The molecule has 2 aromatic carbocycles. The van der Waals surface area contributed by atoms with Crippen LogP contribution < -0.4 is 5.32 Å². The molecular weight excluding hydrogens is 286 g/mol. The number of benzene rings is 2. The van der Waals surface area contributed by atoms with Crippen LogP contribution >= 0.6 is 11.6 Å². The van der Waals surface area contributed by atoms with Gasteiger partial charge in [-0.2, -0.15) is 0 Å². The first kappa shape index (κ1) is 15.5. The van der Waals surface area contributed by atoms with Gasteiger partial charge >= 0.3 is 0 Å². The molecule has 0 aliphatic heterocycles. The van der Waals surface area contributed by atoms with Crippen molar-refractivity contribution in [2.75, 3.05) is 19.0 Å². The van der Waals surface area contributed by atoms with Crippen molar-refractivity contribution in [2.45, 2.75) is 12.8 Å². The van der Waals surface area contributed by atoms with E-state index >= 15 is 0 Å². The van der Waals surface area contributed by atoms with Gasteiger partial charge in [0.25, 0.3) is 0 Å². The number of ether oxygens (including phenoxy) is 1. The van der Waals surface area contributed by atoms with Gasteiger partial charge in [-0.15, -0.1) is 0 Å². The summed E-state index contributed by atoms with van der Waals surface area (Å²) in [5, 5.41) is 3.58. The van der Waals surface area contributed by atoms with Crippen molar-refractivity contribution >= 4 is 23.2 Å². The lowest BCUT2D eigenvalue weighted by Crippen LogP contribution is -2.15. The monoisotopic (exact) mass is 303 g/mol. The third-order valence-corrected chi connectivity index (χ3v) is 3.35. The van der Waals surface area contributed by atoms with Gasteiger partial charge in [-0.1, -0.05) is 41.9 Å². The second-order valence-electron chi connectivity index (χ2n) is 4.75. The number of methoxy groups -OCH3 is 1. The molecule has 21 heavy (non-hydrogen) atoms. The maximum absolute atomic E-state index is 11.8. The highest BCUT2D eigenvalue weighted by Gasteiger charge is 2.08. The van der Waals surface area contributed by atoms with Crippen LogP contribution in [0.25, 0.3) is 0 Å². The molecule has 0 heterocycles. The van der Waals surface area contributed by atoms with Crippen molar-refractivity contribution in [3.63, 3.8) is 0 Å². The summed E-state index contributed by atoms with van der Waals surface area (Å²) in [4.78, 5) is 11.8. The number of carbonyl (C=O) groups is 1. The lowest BCUT2D eigenvalue weighted by Gasteiger charge is -2.12. The zero-order chi connectivity index (χ0) is 15.1. The number of amides is 1.